The Bertz CT molecular complexity index is 475. The van der Waals surface area contributed by atoms with Gasteiger partial charge in [0.2, 0.25) is 0 Å². The quantitative estimate of drug-likeness (QED) is 0.607. The summed E-state index contributed by atoms with van der Waals surface area (Å²) < 4.78 is 2.28. The SMILES string of the molecule is CC(C)(Cc1ccc(Br)cc1)Cc1ccc(Br)cc1. The minimum absolute atomic E-state index is 0.266. The molecule has 0 aliphatic carbocycles. The van der Waals surface area contributed by atoms with Crippen LogP contribution in [0.1, 0.15) is 25.0 Å². The van der Waals surface area contributed by atoms with Gasteiger partial charge in [-0.05, 0) is 53.6 Å². The number of hydrogen-bond donors (Lipinski definition) is 0. The number of halogens is 2. The summed E-state index contributed by atoms with van der Waals surface area (Å²) in [7, 11) is 0. The Morgan fingerprint density at radius 1 is 0.684 bits per heavy atom. The molecule has 0 radical (unpaired) electrons. The second kappa shape index (κ2) is 6.23. The lowest BCUT2D eigenvalue weighted by Gasteiger charge is -2.25. The summed E-state index contributed by atoms with van der Waals surface area (Å²) in [6.07, 6.45) is 2.19. The van der Waals surface area contributed by atoms with Gasteiger partial charge < -0.3 is 0 Å². The molecule has 0 aliphatic rings. The van der Waals surface area contributed by atoms with E-state index in [0.29, 0.717) is 0 Å². The Morgan fingerprint density at radius 3 is 1.32 bits per heavy atom. The van der Waals surface area contributed by atoms with Crippen LogP contribution in [0.3, 0.4) is 0 Å². The molecule has 0 saturated carbocycles. The van der Waals surface area contributed by atoms with Crippen LogP contribution in [0.25, 0.3) is 0 Å². The molecular formula is C17H18Br2. The van der Waals surface area contributed by atoms with Crippen molar-refractivity contribution in [2.24, 2.45) is 5.41 Å². The highest BCUT2D eigenvalue weighted by Gasteiger charge is 2.19. The van der Waals surface area contributed by atoms with E-state index in [-0.39, 0.29) is 5.41 Å². The van der Waals surface area contributed by atoms with Gasteiger partial charge in [0.15, 0.2) is 0 Å². The van der Waals surface area contributed by atoms with Crippen molar-refractivity contribution in [2.45, 2.75) is 26.7 Å². The lowest BCUT2D eigenvalue weighted by atomic mass is 9.80. The smallest absolute Gasteiger partial charge is 0.0175 e. The molecule has 2 rings (SSSR count). The van der Waals surface area contributed by atoms with Crippen molar-refractivity contribution in [1.29, 1.82) is 0 Å². The standard InChI is InChI=1S/C17H18Br2/c1-17(2,11-13-3-7-15(18)8-4-13)12-14-5-9-16(19)10-6-14/h3-10H,11-12H2,1-2H3. The maximum absolute atomic E-state index is 3.48. The first-order valence-electron chi connectivity index (χ1n) is 6.43. The van der Waals surface area contributed by atoms with E-state index >= 15 is 0 Å². The van der Waals surface area contributed by atoms with Crippen molar-refractivity contribution in [2.75, 3.05) is 0 Å². The first-order chi connectivity index (χ1) is 8.94. The maximum Gasteiger partial charge on any atom is 0.0175 e. The summed E-state index contributed by atoms with van der Waals surface area (Å²) in [6.45, 7) is 4.66. The van der Waals surface area contributed by atoms with Crippen LogP contribution in [0.2, 0.25) is 0 Å². The summed E-state index contributed by atoms with van der Waals surface area (Å²) in [5.41, 5.74) is 3.05. The fourth-order valence-corrected chi connectivity index (χ4v) is 2.90. The normalized spacial score (nSPS) is 11.6. The molecule has 0 unspecified atom stereocenters. The average molecular weight is 382 g/mol. The van der Waals surface area contributed by atoms with Gasteiger partial charge in [-0.2, -0.15) is 0 Å². The minimum atomic E-state index is 0.266. The molecule has 0 fully saturated rings. The maximum atomic E-state index is 3.48. The van der Waals surface area contributed by atoms with Crippen molar-refractivity contribution in [1.82, 2.24) is 0 Å². The van der Waals surface area contributed by atoms with Crippen LogP contribution in [-0.2, 0) is 12.8 Å². The van der Waals surface area contributed by atoms with E-state index in [0.717, 1.165) is 21.8 Å². The van der Waals surface area contributed by atoms with Gasteiger partial charge in [0.05, 0.1) is 0 Å². The Kier molecular flexibility index (Phi) is 4.86. The Morgan fingerprint density at radius 2 is 1.00 bits per heavy atom. The zero-order chi connectivity index (χ0) is 13.9. The first kappa shape index (κ1) is 14.8. The zero-order valence-corrected chi connectivity index (χ0v) is 14.5. The van der Waals surface area contributed by atoms with Crippen LogP contribution in [0.15, 0.2) is 57.5 Å². The van der Waals surface area contributed by atoms with Gasteiger partial charge >= 0.3 is 0 Å². The third-order valence-electron chi connectivity index (χ3n) is 3.19. The molecule has 0 N–H and O–H groups in total. The molecule has 2 aromatic rings. The number of rotatable bonds is 4. The van der Waals surface area contributed by atoms with Crippen molar-refractivity contribution in [3.8, 4) is 0 Å². The zero-order valence-electron chi connectivity index (χ0n) is 11.3. The molecule has 0 saturated heterocycles. The third-order valence-corrected chi connectivity index (χ3v) is 4.25. The number of benzene rings is 2. The number of hydrogen-bond acceptors (Lipinski definition) is 0. The van der Waals surface area contributed by atoms with Crippen LogP contribution in [0.4, 0.5) is 0 Å². The van der Waals surface area contributed by atoms with Crippen molar-refractivity contribution in [3.63, 3.8) is 0 Å². The van der Waals surface area contributed by atoms with E-state index in [1.54, 1.807) is 0 Å². The molecule has 0 heterocycles. The lowest BCUT2D eigenvalue weighted by Crippen LogP contribution is -2.18. The largest absolute Gasteiger partial charge is 0.0593 e. The molecule has 0 aromatic heterocycles. The predicted molar refractivity (Wildman–Crippen MR) is 89.5 cm³/mol. The molecule has 0 nitrogen and oxygen atoms in total. The second-order valence-electron chi connectivity index (χ2n) is 5.77. The van der Waals surface area contributed by atoms with Crippen LogP contribution < -0.4 is 0 Å². The minimum Gasteiger partial charge on any atom is -0.0593 e. The summed E-state index contributed by atoms with van der Waals surface area (Å²) in [5.74, 6) is 0. The molecule has 19 heavy (non-hydrogen) atoms. The van der Waals surface area contributed by atoms with Crippen molar-refractivity contribution in [3.05, 3.63) is 68.6 Å². The van der Waals surface area contributed by atoms with Crippen LogP contribution >= 0.6 is 31.9 Å². The lowest BCUT2D eigenvalue weighted by molar-refractivity contribution is 0.361. The van der Waals surface area contributed by atoms with Gasteiger partial charge in [-0.3, -0.25) is 0 Å². The van der Waals surface area contributed by atoms with Gasteiger partial charge in [-0.1, -0.05) is 70.0 Å². The molecule has 0 atom stereocenters. The highest BCUT2D eigenvalue weighted by atomic mass is 79.9. The molecular weight excluding hydrogens is 364 g/mol. The Hall–Kier alpha value is -0.600. The fraction of sp³-hybridized carbons (Fsp3) is 0.294. The van der Waals surface area contributed by atoms with E-state index in [4.69, 9.17) is 0 Å². The Balaban J connectivity index is 2.05. The Labute approximate surface area is 132 Å². The summed E-state index contributed by atoms with van der Waals surface area (Å²) in [5, 5.41) is 0. The fourth-order valence-electron chi connectivity index (χ4n) is 2.37. The molecule has 2 aromatic carbocycles. The molecule has 100 valence electrons. The van der Waals surface area contributed by atoms with Gasteiger partial charge in [0.25, 0.3) is 0 Å². The van der Waals surface area contributed by atoms with E-state index in [1.165, 1.54) is 11.1 Å². The van der Waals surface area contributed by atoms with Crippen LogP contribution in [-0.4, -0.2) is 0 Å². The first-order valence-corrected chi connectivity index (χ1v) is 8.02. The second-order valence-corrected chi connectivity index (χ2v) is 7.60. The average Bonchev–Trinajstić information content (AvgIpc) is 2.34. The molecule has 0 amide bonds. The van der Waals surface area contributed by atoms with E-state index < -0.39 is 0 Å². The molecule has 0 spiro atoms. The van der Waals surface area contributed by atoms with Gasteiger partial charge in [-0.15, -0.1) is 0 Å². The van der Waals surface area contributed by atoms with Crippen LogP contribution in [0.5, 0.6) is 0 Å². The van der Waals surface area contributed by atoms with Gasteiger partial charge in [0.1, 0.15) is 0 Å². The summed E-state index contributed by atoms with van der Waals surface area (Å²) >= 11 is 6.96. The molecule has 0 bridgehead atoms. The van der Waals surface area contributed by atoms with Crippen molar-refractivity contribution >= 4 is 31.9 Å². The third kappa shape index (κ3) is 4.77. The highest BCUT2D eigenvalue weighted by molar-refractivity contribution is 9.10. The van der Waals surface area contributed by atoms with E-state index in [1.807, 2.05) is 0 Å². The van der Waals surface area contributed by atoms with Gasteiger partial charge in [0, 0.05) is 8.95 Å². The van der Waals surface area contributed by atoms with Crippen LogP contribution in [0, 0.1) is 5.41 Å². The van der Waals surface area contributed by atoms with E-state index in [2.05, 4.69) is 94.2 Å². The molecule has 2 heteroatoms. The summed E-state index contributed by atoms with van der Waals surface area (Å²) in [4.78, 5) is 0. The van der Waals surface area contributed by atoms with Gasteiger partial charge in [-0.25, -0.2) is 0 Å². The van der Waals surface area contributed by atoms with E-state index in [9.17, 15) is 0 Å². The van der Waals surface area contributed by atoms with Crippen molar-refractivity contribution < 1.29 is 0 Å². The predicted octanol–water partition coefficient (Wildman–Crippen LogP) is 6.02. The topological polar surface area (TPSA) is 0 Å². The monoisotopic (exact) mass is 380 g/mol. The summed E-state index contributed by atoms with van der Waals surface area (Å²) in [6, 6.07) is 17.3. The highest BCUT2D eigenvalue weighted by Crippen LogP contribution is 2.28. The molecule has 0 aliphatic heterocycles.